The van der Waals surface area contributed by atoms with Crippen LogP contribution >= 0.6 is 0 Å². The number of rotatable bonds is 3. The molecule has 0 spiro atoms. The highest BCUT2D eigenvalue weighted by molar-refractivity contribution is 5.69. The first-order valence-electron chi connectivity index (χ1n) is 8.85. The summed E-state index contributed by atoms with van der Waals surface area (Å²) in [6, 6.07) is 16.8. The Morgan fingerprint density at radius 1 is 1.24 bits per heavy atom. The van der Waals surface area contributed by atoms with E-state index in [0.29, 0.717) is 6.54 Å². The van der Waals surface area contributed by atoms with Gasteiger partial charge in [-0.15, -0.1) is 0 Å². The van der Waals surface area contributed by atoms with E-state index in [2.05, 4.69) is 49.4 Å². The highest BCUT2D eigenvalue weighted by Crippen LogP contribution is 2.27. The SMILES string of the molecule is COC(=O)N1CCCC(N)C1Cc1ccc(C)c(-c2ccccc2)c1. The van der Waals surface area contributed by atoms with Crippen LogP contribution in [0.3, 0.4) is 0 Å². The van der Waals surface area contributed by atoms with Crippen molar-refractivity contribution in [1.82, 2.24) is 4.90 Å². The Kier molecular flexibility index (Phi) is 5.39. The molecule has 4 heteroatoms. The van der Waals surface area contributed by atoms with E-state index in [1.807, 2.05) is 6.07 Å². The minimum atomic E-state index is -0.282. The third-order valence-corrected chi connectivity index (χ3v) is 5.07. The molecule has 132 valence electrons. The van der Waals surface area contributed by atoms with E-state index in [9.17, 15) is 4.79 Å². The summed E-state index contributed by atoms with van der Waals surface area (Å²) in [5, 5.41) is 0. The normalized spacial score (nSPS) is 20.4. The number of nitrogens with two attached hydrogens (primary N) is 1. The van der Waals surface area contributed by atoms with Crippen molar-refractivity contribution in [2.75, 3.05) is 13.7 Å². The van der Waals surface area contributed by atoms with Gasteiger partial charge in [-0.25, -0.2) is 4.79 Å². The van der Waals surface area contributed by atoms with E-state index >= 15 is 0 Å². The van der Waals surface area contributed by atoms with Crippen molar-refractivity contribution in [2.24, 2.45) is 5.73 Å². The summed E-state index contributed by atoms with van der Waals surface area (Å²) in [5.74, 6) is 0. The van der Waals surface area contributed by atoms with Crippen molar-refractivity contribution in [1.29, 1.82) is 0 Å². The molecule has 0 aliphatic carbocycles. The van der Waals surface area contributed by atoms with E-state index in [0.717, 1.165) is 19.3 Å². The average molecular weight is 338 g/mol. The summed E-state index contributed by atoms with van der Waals surface area (Å²) in [7, 11) is 1.43. The zero-order valence-corrected chi connectivity index (χ0v) is 14.9. The number of aryl methyl sites for hydroxylation is 1. The highest BCUT2D eigenvalue weighted by atomic mass is 16.5. The number of carbonyl (C=O) groups excluding carboxylic acids is 1. The third-order valence-electron chi connectivity index (χ3n) is 5.07. The Balaban J connectivity index is 1.87. The molecule has 1 heterocycles. The average Bonchev–Trinajstić information content (AvgIpc) is 2.65. The molecule has 2 atom stereocenters. The van der Waals surface area contributed by atoms with E-state index in [4.69, 9.17) is 10.5 Å². The van der Waals surface area contributed by atoms with Crippen molar-refractivity contribution in [3.63, 3.8) is 0 Å². The van der Waals surface area contributed by atoms with Gasteiger partial charge in [-0.05, 0) is 48.4 Å². The van der Waals surface area contributed by atoms with Crippen LogP contribution < -0.4 is 5.73 Å². The topological polar surface area (TPSA) is 55.6 Å². The van der Waals surface area contributed by atoms with Gasteiger partial charge in [-0.2, -0.15) is 0 Å². The molecule has 4 nitrogen and oxygen atoms in total. The predicted molar refractivity (Wildman–Crippen MR) is 100 cm³/mol. The van der Waals surface area contributed by atoms with E-state index in [1.54, 1.807) is 4.90 Å². The molecule has 0 bridgehead atoms. The van der Waals surface area contributed by atoms with Gasteiger partial charge in [0.15, 0.2) is 0 Å². The minimum absolute atomic E-state index is 0.0191. The van der Waals surface area contributed by atoms with Crippen LogP contribution in [0, 0.1) is 6.92 Å². The van der Waals surface area contributed by atoms with Crippen LogP contribution in [-0.2, 0) is 11.2 Å². The molecule has 1 fully saturated rings. The Hall–Kier alpha value is -2.33. The highest BCUT2D eigenvalue weighted by Gasteiger charge is 2.33. The number of piperidine rings is 1. The van der Waals surface area contributed by atoms with E-state index in [1.165, 1.54) is 29.4 Å². The fourth-order valence-corrected chi connectivity index (χ4v) is 3.66. The predicted octanol–water partition coefficient (Wildman–Crippen LogP) is 3.76. The van der Waals surface area contributed by atoms with Gasteiger partial charge in [-0.3, -0.25) is 0 Å². The molecule has 0 radical (unpaired) electrons. The molecule has 1 aliphatic heterocycles. The van der Waals surface area contributed by atoms with Crippen LogP contribution in [0.2, 0.25) is 0 Å². The molecule has 2 aromatic carbocycles. The van der Waals surface area contributed by atoms with Gasteiger partial charge >= 0.3 is 6.09 Å². The summed E-state index contributed by atoms with van der Waals surface area (Å²) >= 11 is 0. The second-order valence-electron chi connectivity index (χ2n) is 6.76. The number of likely N-dealkylation sites (tertiary alicyclic amines) is 1. The first-order chi connectivity index (χ1) is 12.1. The molecule has 1 aliphatic rings. The van der Waals surface area contributed by atoms with Gasteiger partial charge in [-0.1, -0.05) is 48.5 Å². The summed E-state index contributed by atoms with van der Waals surface area (Å²) in [4.78, 5) is 13.9. The Morgan fingerprint density at radius 3 is 2.72 bits per heavy atom. The largest absolute Gasteiger partial charge is 0.453 e. The van der Waals surface area contributed by atoms with Gasteiger partial charge in [0, 0.05) is 12.6 Å². The van der Waals surface area contributed by atoms with Crippen molar-refractivity contribution in [2.45, 2.75) is 38.3 Å². The Bertz CT molecular complexity index is 730. The fourth-order valence-electron chi connectivity index (χ4n) is 3.66. The van der Waals surface area contributed by atoms with Gasteiger partial charge in [0.05, 0.1) is 13.2 Å². The third kappa shape index (κ3) is 3.85. The van der Waals surface area contributed by atoms with Crippen LogP contribution in [0.15, 0.2) is 48.5 Å². The molecular formula is C21H26N2O2. The first-order valence-corrected chi connectivity index (χ1v) is 8.85. The molecule has 1 saturated heterocycles. The van der Waals surface area contributed by atoms with Gasteiger partial charge in [0.25, 0.3) is 0 Å². The van der Waals surface area contributed by atoms with Crippen LogP contribution in [0.4, 0.5) is 4.79 Å². The molecule has 2 N–H and O–H groups in total. The second-order valence-corrected chi connectivity index (χ2v) is 6.76. The van der Waals surface area contributed by atoms with E-state index < -0.39 is 0 Å². The lowest BCUT2D eigenvalue weighted by Crippen LogP contribution is -2.55. The van der Waals surface area contributed by atoms with Crippen molar-refractivity contribution in [3.8, 4) is 11.1 Å². The number of nitrogens with zero attached hydrogens (tertiary/aromatic N) is 1. The molecule has 3 rings (SSSR count). The molecule has 2 aromatic rings. The number of ether oxygens (including phenoxy) is 1. The van der Waals surface area contributed by atoms with Crippen LogP contribution in [0.25, 0.3) is 11.1 Å². The standard InChI is InChI=1S/C21H26N2O2/c1-15-10-11-16(13-18(15)17-7-4-3-5-8-17)14-20-19(22)9-6-12-23(20)21(24)25-2/h3-5,7-8,10-11,13,19-20H,6,9,12,14,22H2,1-2H3. The molecule has 25 heavy (non-hydrogen) atoms. The second kappa shape index (κ2) is 7.70. The zero-order valence-electron chi connectivity index (χ0n) is 14.9. The number of hydrogen-bond acceptors (Lipinski definition) is 3. The number of hydrogen-bond donors (Lipinski definition) is 1. The van der Waals surface area contributed by atoms with Crippen molar-refractivity contribution >= 4 is 6.09 Å². The Morgan fingerprint density at radius 2 is 2.00 bits per heavy atom. The summed E-state index contributed by atoms with van der Waals surface area (Å²) < 4.78 is 4.95. The lowest BCUT2D eigenvalue weighted by molar-refractivity contribution is 0.0820. The quantitative estimate of drug-likeness (QED) is 0.927. The number of methoxy groups -OCH3 is 1. The zero-order chi connectivity index (χ0) is 17.8. The van der Waals surface area contributed by atoms with Gasteiger partial charge in [0.1, 0.15) is 0 Å². The van der Waals surface area contributed by atoms with Crippen LogP contribution in [0.5, 0.6) is 0 Å². The maximum absolute atomic E-state index is 12.1. The molecule has 0 saturated carbocycles. The monoisotopic (exact) mass is 338 g/mol. The van der Waals surface area contributed by atoms with E-state index in [-0.39, 0.29) is 18.2 Å². The maximum atomic E-state index is 12.1. The lowest BCUT2D eigenvalue weighted by atomic mass is 9.90. The number of benzene rings is 2. The van der Waals surface area contributed by atoms with Crippen LogP contribution in [-0.4, -0.2) is 36.7 Å². The maximum Gasteiger partial charge on any atom is 0.409 e. The minimum Gasteiger partial charge on any atom is -0.453 e. The molecule has 1 amide bonds. The van der Waals surface area contributed by atoms with Crippen LogP contribution in [0.1, 0.15) is 24.0 Å². The molecular weight excluding hydrogens is 312 g/mol. The van der Waals surface area contributed by atoms with Gasteiger partial charge < -0.3 is 15.4 Å². The van der Waals surface area contributed by atoms with Gasteiger partial charge in [0.2, 0.25) is 0 Å². The number of amides is 1. The number of carbonyl (C=O) groups is 1. The smallest absolute Gasteiger partial charge is 0.409 e. The molecule has 2 unspecified atom stereocenters. The first kappa shape index (κ1) is 17.5. The summed E-state index contributed by atoms with van der Waals surface area (Å²) in [6.45, 7) is 2.83. The summed E-state index contributed by atoms with van der Waals surface area (Å²) in [6.07, 6.45) is 2.33. The summed E-state index contributed by atoms with van der Waals surface area (Å²) in [5.41, 5.74) is 11.2. The van der Waals surface area contributed by atoms with Crippen molar-refractivity contribution in [3.05, 3.63) is 59.7 Å². The van der Waals surface area contributed by atoms with Crippen molar-refractivity contribution < 1.29 is 9.53 Å². The fraction of sp³-hybridized carbons (Fsp3) is 0.381. The molecule has 0 aromatic heterocycles. The lowest BCUT2D eigenvalue weighted by Gasteiger charge is -2.39. The Labute approximate surface area is 149 Å².